The average molecular weight is 561 g/mol. The molecule has 2 saturated heterocycles. The third kappa shape index (κ3) is 6.10. The zero-order valence-electron chi connectivity index (χ0n) is 22.5. The molecule has 1 aromatic heterocycles. The van der Waals surface area contributed by atoms with Crippen LogP contribution in [-0.2, 0) is 18.4 Å². The summed E-state index contributed by atoms with van der Waals surface area (Å²) in [5.74, 6) is 0. The van der Waals surface area contributed by atoms with Gasteiger partial charge >= 0.3 is 5.69 Å². The molecule has 1 unspecified atom stereocenters. The molecule has 198 valence electrons. The molecule has 0 amide bonds. The van der Waals surface area contributed by atoms with Gasteiger partial charge in [0, 0.05) is 18.7 Å². The lowest BCUT2D eigenvalue weighted by Gasteiger charge is -2.44. The maximum absolute atomic E-state index is 12.9. The molecule has 3 rings (SSSR count). The van der Waals surface area contributed by atoms with Crippen molar-refractivity contribution < 1.29 is 18.4 Å². The Balaban J connectivity index is 2.14. The topological polar surface area (TPSA) is 99.6 Å². The molecule has 2 aliphatic rings. The van der Waals surface area contributed by atoms with E-state index in [2.05, 4.69) is 72.7 Å². The quantitative estimate of drug-likeness (QED) is 0.388. The van der Waals surface area contributed by atoms with Gasteiger partial charge in [0.25, 0.3) is 5.56 Å². The van der Waals surface area contributed by atoms with Crippen molar-refractivity contribution >= 4 is 43.3 Å². The van der Waals surface area contributed by atoms with E-state index in [0.29, 0.717) is 6.42 Å². The molecule has 0 spiro atoms. The van der Waals surface area contributed by atoms with Crippen LogP contribution in [0, 0.1) is 0 Å². The number of carbonyl (C=O) groups excluding carboxylic acids is 1. The third-order valence-electron chi connectivity index (χ3n) is 7.82. The minimum absolute atomic E-state index is 0.0562. The smallest absolute Gasteiger partial charge is 0.330 e. The lowest BCUT2D eigenvalue weighted by atomic mass is 10.1. The average Bonchev–Trinajstić information content (AvgIpc) is 3.24. The zero-order chi connectivity index (χ0) is 26.6. The lowest BCUT2D eigenvalue weighted by molar-refractivity contribution is -0.111. The van der Waals surface area contributed by atoms with Crippen molar-refractivity contribution in [3.8, 4) is 0 Å². The molecule has 1 N–H and O–H groups in total. The van der Waals surface area contributed by atoms with Crippen LogP contribution in [0.15, 0.2) is 21.9 Å². The molecule has 2 fully saturated rings. The van der Waals surface area contributed by atoms with Gasteiger partial charge in [-0.3, -0.25) is 19.1 Å². The minimum Gasteiger partial charge on any atom is -0.408 e. The molecule has 1 aromatic rings. The summed E-state index contributed by atoms with van der Waals surface area (Å²) < 4.78 is 22.0. The normalized spacial score (nSPS) is 28.6. The second-order valence-electron chi connectivity index (χ2n) is 12.5. The maximum Gasteiger partial charge on any atom is 0.330 e. The Labute approximate surface area is 217 Å². The van der Waals surface area contributed by atoms with E-state index in [1.54, 1.807) is 0 Å². The second-order valence-corrected chi connectivity index (χ2v) is 24.5. The van der Waals surface area contributed by atoms with E-state index in [-0.39, 0.29) is 20.4 Å². The summed E-state index contributed by atoms with van der Waals surface area (Å²) in [6.07, 6.45) is -0.419. The van der Waals surface area contributed by atoms with Gasteiger partial charge in [-0.25, -0.2) is 4.79 Å². The monoisotopic (exact) mass is 560 g/mol. The number of carbonyl (C=O) groups is 1. The summed E-state index contributed by atoms with van der Waals surface area (Å²) >= 11 is 0. The van der Waals surface area contributed by atoms with Crippen molar-refractivity contribution in [2.75, 3.05) is 0 Å². The SMILES string of the molecule is CC(C)(C)[Si](C)(C)O[C@@H]1[C@H](O[Si](C)(C)C(C)(C)C)[C@@H](C2CC(=O)SS2)O[C@H]1n1ccc(=O)[nH]c1=O. The molecule has 0 bridgehead atoms. The number of H-pyrrole nitrogens is 1. The van der Waals surface area contributed by atoms with Gasteiger partial charge in [-0.15, -0.1) is 0 Å². The molecule has 3 heterocycles. The highest BCUT2D eigenvalue weighted by atomic mass is 33.1. The number of nitrogens with one attached hydrogen (secondary N) is 1. The number of hydrogen-bond donors (Lipinski definition) is 1. The first-order valence-corrected chi connectivity index (χ1v) is 20.1. The fourth-order valence-corrected chi connectivity index (χ4v) is 8.78. The number of ether oxygens (including phenoxy) is 1. The van der Waals surface area contributed by atoms with Crippen LogP contribution in [0.3, 0.4) is 0 Å². The molecule has 8 nitrogen and oxygen atoms in total. The Bertz CT molecular complexity index is 1060. The zero-order valence-corrected chi connectivity index (χ0v) is 26.1. The molecule has 5 atom stereocenters. The van der Waals surface area contributed by atoms with Crippen molar-refractivity contribution in [2.45, 2.75) is 114 Å². The van der Waals surface area contributed by atoms with Gasteiger partial charge < -0.3 is 13.6 Å². The summed E-state index contributed by atoms with van der Waals surface area (Å²) in [6.45, 7) is 21.8. The molecule has 35 heavy (non-hydrogen) atoms. The van der Waals surface area contributed by atoms with E-state index in [0.717, 1.165) is 0 Å². The van der Waals surface area contributed by atoms with Gasteiger partial charge in [0.15, 0.2) is 22.9 Å². The highest BCUT2D eigenvalue weighted by Crippen LogP contribution is 2.50. The number of hydrogen-bond acceptors (Lipinski definition) is 8. The van der Waals surface area contributed by atoms with Gasteiger partial charge in [0.2, 0.25) is 5.12 Å². The van der Waals surface area contributed by atoms with Crippen LogP contribution in [0.2, 0.25) is 36.3 Å². The highest BCUT2D eigenvalue weighted by Gasteiger charge is 2.57. The number of aromatic nitrogens is 2. The maximum atomic E-state index is 12.9. The fourth-order valence-electron chi connectivity index (χ4n) is 3.63. The molecular formula is C23H40N2O6S2Si2. The molecule has 2 aliphatic heterocycles. The summed E-state index contributed by atoms with van der Waals surface area (Å²) in [4.78, 5) is 39.1. The molecule has 0 saturated carbocycles. The van der Waals surface area contributed by atoms with Crippen molar-refractivity contribution in [3.63, 3.8) is 0 Å². The van der Waals surface area contributed by atoms with Crippen LogP contribution in [0.5, 0.6) is 0 Å². The Kier molecular flexibility index (Phi) is 8.20. The van der Waals surface area contributed by atoms with Crippen LogP contribution in [0.25, 0.3) is 0 Å². The predicted molar refractivity (Wildman–Crippen MR) is 148 cm³/mol. The first kappa shape index (κ1) is 28.9. The summed E-state index contributed by atoms with van der Waals surface area (Å²) in [6, 6.07) is 1.31. The first-order chi connectivity index (χ1) is 15.8. The van der Waals surface area contributed by atoms with Gasteiger partial charge in [-0.2, -0.15) is 0 Å². The Morgan fingerprint density at radius 2 is 1.51 bits per heavy atom. The van der Waals surface area contributed by atoms with E-state index < -0.39 is 52.4 Å². The van der Waals surface area contributed by atoms with Crippen molar-refractivity contribution in [3.05, 3.63) is 33.1 Å². The van der Waals surface area contributed by atoms with Crippen LogP contribution in [-0.4, -0.2) is 54.9 Å². The molecule has 12 heteroatoms. The van der Waals surface area contributed by atoms with Gasteiger partial charge in [-0.1, -0.05) is 52.3 Å². The Hall–Kier alpha value is -0.636. The Morgan fingerprint density at radius 1 is 0.971 bits per heavy atom. The summed E-state index contributed by atoms with van der Waals surface area (Å²) in [5, 5.41) is -0.141. The van der Waals surface area contributed by atoms with E-state index in [9.17, 15) is 14.4 Å². The van der Waals surface area contributed by atoms with Crippen molar-refractivity contribution in [1.29, 1.82) is 0 Å². The van der Waals surface area contributed by atoms with Crippen LogP contribution < -0.4 is 11.2 Å². The van der Waals surface area contributed by atoms with E-state index in [4.69, 9.17) is 13.6 Å². The highest BCUT2D eigenvalue weighted by molar-refractivity contribution is 8.83. The fraction of sp³-hybridized carbons (Fsp3) is 0.783. The van der Waals surface area contributed by atoms with Gasteiger partial charge in [0.05, 0.1) is 5.25 Å². The predicted octanol–water partition coefficient (Wildman–Crippen LogP) is 4.90. The van der Waals surface area contributed by atoms with Crippen molar-refractivity contribution in [2.24, 2.45) is 0 Å². The van der Waals surface area contributed by atoms with Crippen molar-refractivity contribution in [1.82, 2.24) is 9.55 Å². The standard InChI is InChI=1S/C23H40N2O6S2Si2/c1-22(2,3)34(7,8)30-18-17(14-13-16(27)33-32-14)29-20(25-12-11-15(26)24-21(25)28)19(18)31-35(9,10)23(4,5)6/h11-12,14,17-20H,13H2,1-10H3,(H,24,26,28)/t14?,17-,18-,19-,20-/m1/s1. The molecule has 0 radical (unpaired) electrons. The molecular weight excluding hydrogens is 521 g/mol. The largest absolute Gasteiger partial charge is 0.408 e. The summed E-state index contributed by atoms with van der Waals surface area (Å²) in [5.41, 5.74) is -1.02. The summed E-state index contributed by atoms with van der Waals surface area (Å²) in [7, 11) is -1.87. The molecule has 0 aliphatic carbocycles. The number of aromatic amines is 1. The van der Waals surface area contributed by atoms with E-state index in [1.165, 1.54) is 38.4 Å². The molecule has 0 aromatic carbocycles. The van der Waals surface area contributed by atoms with Crippen LogP contribution in [0.4, 0.5) is 0 Å². The first-order valence-electron chi connectivity index (χ1n) is 12.0. The second kappa shape index (κ2) is 9.92. The van der Waals surface area contributed by atoms with Crippen LogP contribution in [0.1, 0.15) is 54.2 Å². The van der Waals surface area contributed by atoms with E-state index in [1.807, 2.05) is 0 Å². The lowest BCUT2D eigenvalue weighted by Crippen LogP contribution is -2.54. The number of nitrogens with zero attached hydrogens (tertiary/aromatic N) is 1. The Morgan fingerprint density at radius 3 is 1.97 bits per heavy atom. The number of rotatable bonds is 6. The third-order valence-corrected chi connectivity index (χ3v) is 19.5. The van der Waals surface area contributed by atoms with Crippen LogP contribution >= 0.6 is 21.6 Å². The van der Waals surface area contributed by atoms with Gasteiger partial charge in [-0.05, 0) is 47.1 Å². The van der Waals surface area contributed by atoms with Gasteiger partial charge in [0.1, 0.15) is 18.3 Å². The van der Waals surface area contributed by atoms with E-state index >= 15 is 0 Å². The minimum atomic E-state index is -2.33.